The maximum atomic E-state index is 4.22. The summed E-state index contributed by atoms with van der Waals surface area (Å²) in [4.78, 5) is 0. The second-order valence-corrected chi connectivity index (χ2v) is 4.16. The summed E-state index contributed by atoms with van der Waals surface area (Å²) < 4.78 is 2.06. The molecule has 0 saturated heterocycles. The van der Waals surface area contributed by atoms with Gasteiger partial charge in [-0.3, -0.25) is 0 Å². The largest absolute Gasteiger partial charge is 0.249 e. The van der Waals surface area contributed by atoms with Crippen molar-refractivity contribution in [3.8, 4) is 0 Å². The highest BCUT2D eigenvalue weighted by atomic mass is 15.4. The molecule has 1 heterocycles. The number of unbranched alkanes of at least 4 members (excludes halogenated alkanes) is 3. The van der Waals surface area contributed by atoms with E-state index in [-0.39, 0.29) is 0 Å². The van der Waals surface area contributed by atoms with E-state index >= 15 is 0 Å². The van der Waals surface area contributed by atoms with Gasteiger partial charge in [0, 0.05) is 6.54 Å². The van der Waals surface area contributed by atoms with Crippen molar-refractivity contribution in [2.45, 2.75) is 65.8 Å². The number of rotatable bonds is 7. The Kier molecular flexibility index (Phi) is 5.37. The van der Waals surface area contributed by atoms with E-state index in [9.17, 15) is 0 Å². The zero-order valence-electron chi connectivity index (χ0n) is 10.3. The van der Waals surface area contributed by atoms with Gasteiger partial charge in [0.05, 0.1) is 11.4 Å². The Labute approximate surface area is 92.9 Å². The predicted molar refractivity (Wildman–Crippen MR) is 62.9 cm³/mol. The van der Waals surface area contributed by atoms with E-state index in [0.717, 1.165) is 19.4 Å². The van der Waals surface area contributed by atoms with Crippen LogP contribution in [-0.2, 0) is 13.0 Å². The normalized spacial score (nSPS) is 10.9. The van der Waals surface area contributed by atoms with Crippen molar-refractivity contribution in [3.05, 3.63) is 11.4 Å². The number of aryl methyl sites for hydroxylation is 2. The van der Waals surface area contributed by atoms with Gasteiger partial charge in [0.25, 0.3) is 0 Å². The number of aromatic nitrogens is 3. The topological polar surface area (TPSA) is 30.7 Å². The van der Waals surface area contributed by atoms with E-state index in [2.05, 4.69) is 35.8 Å². The molecule has 0 N–H and O–H groups in total. The highest BCUT2D eigenvalue weighted by molar-refractivity contribution is 5.07. The van der Waals surface area contributed by atoms with Crippen LogP contribution >= 0.6 is 0 Å². The fourth-order valence-electron chi connectivity index (χ4n) is 1.76. The minimum atomic E-state index is 1.03. The Hall–Kier alpha value is -0.860. The van der Waals surface area contributed by atoms with Gasteiger partial charge in [-0.2, -0.15) is 0 Å². The highest BCUT2D eigenvalue weighted by Gasteiger charge is 2.06. The molecule has 0 spiro atoms. The van der Waals surface area contributed by atoms with Crippen molar-refractivity contribution in [2.75, 3.05) is 0 Å². The third kappa shape index (κ3) is 3.65. The van der Waals surface area contributed by atoms with E-state index in [1.807, 2.05) is 0 Å². The molecule has 1 aromatic heterocycles. The predicted octanol–water partition coefficient (Wildman–Crippen LogP) is 3.12. The lowest BCUT2D eigenvalue weighted by Crippen LogP contribution is -2.03. The van der Waals surface area contributed by atoms with Gasteiger partial charge in [0.2, 0.25) is 0 Å². The molecule has 1 rings (SSSR count). The summed E-state index contributed by atoms with van der Waals surface area (Å²) in [6.45, 7) is 7.58. The molecule has 0 saturated carbocycles. The van der Waals surface area contributed by atoms with Crippen molar-refractivity contribution in [3.63, 3.8) is 0 Å². The van der Waals surface area contributed by atoms with Crippen LogP contribution in [0, 0.1) is 6.92 Å². The lowest BCUT2D eigenvalue weighted by molar-refractivity contribution is 0.519. The molecule has 0 aromatic carbocycles. The van der Waals surface area contributed by atoms with Crippen molar-refractivity contribution in [1.82, 2.24) is 15.0 Å². The van der Waals surface area contributed by atoms with Gasteiger partial charge in [0.1, 0.15) is 0 Å². The van der Waals surface area contributed by atoms with Crippen LogP contribution in [0.3, 0.4) is 0 Å². The number of hydrogen-bond acceptors (Lipinski definition) is 2. The highest BCUT2D eigenvalue weighted by Crippen LogP contribution is 2.08. The van der Waals surface area contributed by atoms with Crippen LogP contribution in [0.15, 0.2) is 0 Å². The first-order valence-corrected chi connectivity index (χ1v) is 6.18. The molecule has 0 aliphatic carbocycles. The second kappa shape index (κ2) is 6.59. The van der Waals surface area contributed by atoms with Gasteiger partial charge < -0.3 is 0 Å². The van der Waals surface area contributed by atoms with E-state index < -0.39 is 0 Å². The third-order valence-electron chi connectivity index (χ3n) is 2.79. The zero-order valence-corrected chi connectivity index (χ0v) is 10.3. The molecule has 0 unspecified atom stereocenters. The van der Waals surface area contributed by atoms with Crippen molar-refractivity contribution >= 4 is 0 Å². The summed E-state index contributed by atoms with van der Waals surface area (Å²) in [5, 5.41) is 8.42. The SMILES string of the molecule is CCCCCCn1nnc(CCC)c1C. The number of nitrogens with zero attached hydrogens (tertiary/aromatic N) is 3. The number of hydrogen-bond donors (Lipinski definition) is 0. The molecule has 15 heavy (non-hydrogen) atoms. The molecule has 1 aromatic rings. The minimum absolute atomic E-state index is 1.03. The Bertz CT molecular complexity index is 278. The molecule has 0 aliphatic rings. The summed E-state index contributed by atoms with van der Waals surface area (Å²) in [6, 6.07) is 0. The summed E-state index contributed by atoms with van der Waals surface area (Å²) in [5.74, 6) is 0. The van der Waals surface area contributed by atoms with Crippen LogP contribution in [0.2, 0.25) is 0 Å². The molecule has 3 nitrogen and oxygen atoms in total. The zero-order chi connectivity index (χ0) is 11.1. The summed E-state index contributed by atoms with van der Waals surface area (Å²) in [7, 11) is 0. The van der Waals surface area contributed by atoms with Crippen LogP contribution < -0.4 is 0 Å². The first-order chi connectivity index (χ1) is 7.29. The van der Waals surface area contributed by atoms with Gasteiger partial charge >= 0.3 is 0 Å². The molecule has 3 heteroatoms. The molecule has 0 aliphatic heterocycles. The first kappa shape index (κ1) is 12.2. The smallest absolute Gasteiger partial charge is 0.0856 e. The molecule has 0 atom stereocenters. The molecule has 0 bridgehead atoms. The van der Waals surface area contributed by atoms with E-state index in [1.54, 1.807) is 0 Å². The average Bonchev–Trinajstić information content (AvgIpc) is 2.57. The van der Waals surface area contributed by atoms with Gasteiger partial charge in [0.15, 0.2) is 0 Å². The standard InChI is InChI=1S/C12H23N3/c1-4-6-7-8-10-15-11(3)12(9-5-2)13-14-15/h4-10H2,1-3H3. The van der Waals surface area contributed by atoms with E-state index in [1.165, 1.54) is 37.1 Å². The molecule has 0 fully saturated rings. The van der Waals surface area contributed by atoms with Crippen LogP contribution in [0.25, 0.3) is 0 Å². The quantitative estimate of drug-likeness (QED) is 0.646. The Morgan fingerprint density at radius 2 is 1.87 bits per heavy atom. The van der Waals surface area contributed by atoms with Crippen molar-refractivity contribution < 1.29 is 0 Å². The van der Waals surface area contributed by atoms with Gasteiger partial charge in [-0.1, -0.05) is 44.7 Å². The second-order valence-electron chi connectivity index (χ2n) is 4.16. The van der Waals surface area contributed by atoms with Crippen molar-refractivity contribution in [1.29, 1.82) is 0 Å². The fraction of sp³-hybridized carbons (Fsp3) is 0.833. The summed E-state index contributed by atoms with van der Waals surface area (Å²) >= 11 is 0. The van der Waals surface area contributed by atoms with E-state index in [4.69, 9.17) is 0 Å². The van der Waals surface area contributed by atoms with Gasteiger partial charge in [-0.05, 0) is 19.8 Å². The van der Waals surface area contributed by atoms with Crippen molar-refractivity contribution in [2.24, 2.45) is 0 Å². The average molecular weight is 209 g/mol. The summed E-state index contributed by atoms with van der Waals surface area (Å²) in [6.07, 6.45) is 7.35. The van der Waals surface area contributed by atoms with Crippen LogP contribution in [0.4, 0.5) is 0 Å². The lowest BCUT2D eigenvalue weighted by Gasteiger charge is -2.03. The monoisotopic (exact) mass is 209 g/mol. The van der Waals surface area contributed by atoms with Crippen LogP contribution in [0.5, 0.6) is 0 Å². The lowest BCUT2D eigenvalue weighted by atomic mass is 10.2. The van der Waals surface area contributed by atoms with E-state index in [0.29, 0.717) is 0 Å². The Morgan fingerprint density at radius 3 is 2.53 bits per heavy atom. The fourth-order valence-corrected chi connectivity index (χ4v) is 1.76. The molecule has 0 radical (unpaired) electrons. The van der Waals surface area contributed by atoms with Crippen LogP contribution in [-0.4, -0.2) is 15.0 Å². The maximum Gasteiger partial charge on any atom is 0.0856 e. The third-order valence-corrected chi connectivity index (χ3v) is 2.79. The van der Waals surface area contributed by atoms with Gasteiger partial charge in [-0.25, -0.2) is 4.68 Å². The maximum absolute atomic E-state index is 4.22. The Balaban J connectivity index is 2.40. The van der Waals surface area contributed by atoms with Crippen LogP contribution in [0.1, 0.15) is 57.3 Å². The molecule has 86 valence electrons. The summed E-state index contributed by atoms with van der Waals surface area (Å²) in [5.41, 5.74) is 2.43. The Morgan fingerprint density at radius 1 is 1.07 bits per heavy atom. The molecule has 0 amide bonds. The van der Waals surface area contributed by atoms with Gasteiger partial charge in [-0.15, -0.1) is 5.10 Å². The molecular formula is C12H23N3. The molecular weight excluding hydrogens is 186 g/mol. The first-order valence-electron chi connectivity index (χ1n) is 6.18. The minimum Gasteiger partial charge on any atom is -0.249 e.